The van der Waals surface area contributed by atoms with E-state index >= 15 is 0 Å². The molecule has 0 aromatic heterocycles. The number of benzene rings is 1. The Morgan fingerprint density at radius 2 is 2.10 bits per heavy atom. The molecule has 0 atom stereocenters. The Bertz CT molecular complexity index is 517. The van der Waals surface area contributed by atoms with Crippen molar-refractivity contribution in [2.45, 2.75) is 45.1 Å². The van der Waals surface area contributed by atoms with Crippen LogP contribution in [0.3, 0.4) is 0 Å². The second-order valence-electron chi connectivity index (χ2n) is 5.52. The topological polar surface area (TPSA) is 46.5 Å². The number of aliphatic carboxylic acids is 1. The third-order valence-electron chi connectivity index (χ3n) is 4.05. The zero-order valence-corrected chi connectivity index (χ0v) is 13.8. The maximum Gasteiger partial charge on any atom is 0.328 e. The Morgan fingerprint density at radius 3 is 2.71 bits per heavy atom. The van der Waals surface area contributed by atoms with Crippen LogP contribution in [0.5, 0.6) is 5.75 Å². The van der Waals surface area contributed by atoms with Crippen molar-refractivity contribution in [3.8, 4) is 5.75 Å². The Morgan fingerprint density at radius 1 is 1.38 bits per heavy atom. The second-order valence-corrected chi connectivity index (χ2v) is 6.38. The zero-order chi connectivity index (χ0) is 15.2. The van der Waals surface area contributed by atoms with E-state index in [2.05, 4.69) is 22.9 Å². The molecule has 1 aromatic rings. The van der Waals surface area contributed by atoms with Gasteiger partial charge in [-0.25, -0.2) is 4.79 Å². The summed E-state index contributed by atoms with van der Waals surface area (Å²) in [6.45, 7) is 2.25. The molecule has 1 aliphatic rings. The lowest BCUT2D eigenvalue weighted by molar-refractivity contribution is -0.131. The van der Waals surface area contributed by atoms with Crippen LogP contribution in [0.2, 0.25) is 0 Å². The summed E-state index contributed by atoms with van der Waals surface area (Å²) in [6, 6.07) is 5.71. The van der Waals surface area contributed by atoms with Gasteiger partial charge in [0.15, 0.2) is 0 Å². The first kappa shape index (κ1) is 16.1. The predicted octanol–water partition coefficient (Wildman–Crippen LogP) is 4.89. The standard InChI is InChI=1S/C17H21BrO3/c1-2-12-3-6-14(7-4-12)21-15-8-9-16(18)13(11-15)5-10-17(19)20/h5,8-12,14H,2-4,6-7H2,1H3,(H,19,20)/b10-5+. The van der Waals surface area contributed by atoms with E-state index < -0.39 is 5.97 Å². The lowest BCUT2D eigenvalue weighted by Crippen LogP contribution is -2.23. The normalized spacial score (nSPS) is 22.4. The molecule has 1 fully saturated rings. The van der Waals surface area contributed by atoms with Crippen molar-refractivity contribution >= 4 is 28.0 Å². The van der Waals surface area contributed by atoms with E-state index in [1.165, 1.54) is 19.3 Å². The van der Waals surface area contributed by atoms with Gasteiger partial charge in [0.05, 0.1) is 6.10 Å². The second kappa shape index (κ2) is 7.64. The lowest BCUT2D eigenvalue weighted by atomic mass is 9.86. The molecule has 3 nitrogen and oxygen atoms in total. The highest BCUT2D eigenvalue weighted by Gasteiger charge is 2.21. The van der Waals surface area contributed by atoms with E-state index in [9.17, 15) is 4.79 Å². The average molecular weight is 353 g/mol. The average Bonchev–Trinajstić information content (AvgIpc) is 2.48. The van der Waals surface area contributed by atoms with Gasteiger partial charge in [0, 0.05) is 10.5 Å². The summed E-state index contributed by atoms with van der Waals surface area (Å²) in [5.41, 5.74) is 0.817. The van der Waals surface area contributed by atoms with Crippen LogP contribution in [0.1, 0.15) is 44.6 Å². The Labute approximate surface area is 134 Å². The molecule has 0 aliphatic heterocycles. The molecule has 4 heteroatoms. The molecule has 1 aromatic carbocycles. The van der Waals surface area contributed by atoms with Gasteiger partial charge in [-0.1, -0.05) is 29.3 Å². The number of carboxylic acid groups (broad SMARTS) is 1. The summed E-state index contributed by atoms with van der Waals surface area (Å²) in [5.74, 6) is 0.707. The van der Waals surface area contributed by atoms with Gasteiger partial charge < -0.3 is 9.84 Å². The van der Waals surface area contributed by atoms with Crippen molar-refractivity contribution in [3.63, 3.8) is 0 Å². The minimum absolute atomic E-state index is 0.283. The van der Waals surface area contributed by atoms with Crippen molar-refractivity contribution in [1.82, 2.24) is 0 Å². The fourth-order valence-corrected chi connectivity index (χ4v) is 3.11. The number of carbonyl (C=O) groups is 1. The fraction of sp³-hybridized carbons (Fsp3) is 0.471. The maximum absolute atomic E-state index is 10.6. The first-order chi connectivity index (χ1) is 10.1. The highest BCUT2D eigenvalue weighted by Crippen LogP contribution is 2.31. The van der Waals surface area contributed by atoms with E-state index in [1.807, 2.05) is 18.2 Å². The largest absolute Gasteiger partial charge is 0.490 e. The van der Waals surface area contributed by atoms with Crippen LogP contribution in [0.15, 0.2) is 28.7 Å². The van der Waals surface area contributed by atoms with Crippen molar-refractivity contribution in [1.29, 1.82) is 0 Å². The molecule has 2 rings (SSSR count). The molecule has 21 heavy (non-hydrogen) atoms. The molecule has 0 heterocycles. The quantitative estimate of drug-likeness (QED) is 0.767. The van der Waals surface area contributed by atoms with Gasteiger partial charge in [0.2, 0.25) is 0 Å². The van der Waals surface area contributed by atoms with E-state index in [4.69, 9.17) is 9.84 Å². The molecule has 1 aliphatic carbocycles. The Balaban J connectivity index is 2.01. The Hall–Kier alpha value is -1.29. The van der Waals surface area contributed by atoms with Gasteiger partial charge in [-0.2, -0.15) is 0 Å². The van der Waals surface area contributed by atoms with Gasteiger partial charge in [-0.15, -0.1) is 0 Å². The highest BCUT2D eigenvalue weighted by atomic mass is 79.9. The van der Waals surface area contributed by atoms with E-state index in [0.717, 1.165) is 40.6 Å². The van der Waals surface area contributed by atoms with Crippen LogP contribution >= 0.6 is 15.9 Å². The molecule has 0 radical (unpaired) electrons. The summed E-state index contributed by atoms with van der Waals surface area (Å²) in [4.78, 5) is 10.6. The summed E-state index contributed by atoms with van der Waals surface area (Å²) < 4.78 is 6.91. The summed E-state index contributed by atoms with van der Waals surface area (Å²) in [6.07, 6.45) is 8.94. The summed E-state index contributed by atoms with van der Waals surface area (Å²) in [5, 5.41) is 8.71. The minimum Gasteiger partial charge on any atom is -0.490 e. The molecular weight excluding hydrogens is 332 g/mol. The molecule has 1 N–H and O–H groups in total. The van der Waals surface area contributed by atoms with Gasteiger partial charge in [0.25, 0.3) is 0 Å². The van der Waals surface area contributed by atoms with Gasteiger partial charge in [-0.3, -0.25) is 0 Å². The third-order valence-corrected chi connectivity index (χ3v) is 4.77. The predicted molar refractivity (Wildman–Crippen MR) is 87.5 cm³/mol. The molecular formula is C17H21BrO3. The monoisotopic (exact) mass is 352 g/mol. The number of rotatable bonds is 5. The molecule has 114 valence electrons. The van der Waals surface area contributed by atoms with E-state index in [-0.39, 0.29) is 6.10 Å². The smallest absolute Gasteiger partial charge is 0.328 e. The molecule has 0 unspecified atom stereocenters. The lowest BCUT2D eigenvalue weighted by Gasteiger charge is -2.28. The summed E-state index contributed by atoms with van der Waals surface area (Å²) >= 11 is 3.42. The number of carboxylic acids is 1. The van der Waals surface area contributed by atoms with Crippen molar-refractivity contribution in [2.24, 2.45) is 5.92 Å². The van der Waals surface area contributed by atoms with E-state index in [1.54, 1.807) is 6.08 Å². The molecule has 0 bridgehead atoms. The maximum atomic E-state index is 10.6. The van der Waals surface area contributed by atoms with Crippen molar-refractivity contribution in [3.05, 3.63) is 34.3 Å². The third kappa shape index (κ3) is 4.88. The van der Waals surface area contributed by atoms with Gasteiger partial charge in [0.1, 0.15) is 5.75 Å². The molecule has 1 saturated carbocycles. The van der Waals surface area contributed by atoms with Crippen molar-refractivity contribution < 1.29 is 14.6 Å². The van der Waals surface area contributed by atoms with Crippen LogP contribution in [0.4, 0.5) is 0 Å². The zero-order valence-electron chi connectivity index (χ0n) is 12.2. The van der Waals surface area contributed by atoms with E-state index in [0.29, 0.717) is 0 Å². The number of hydrogen-bond donors (Lipinski definition) is 1. The van der Waals surface area contributed by atoms with Crippen LogP contribution in [0, 0.1) is 5.92 Å². The highest BCUT2D eigenvalue weighted by molar-refractivity contribution is 9.10. The molecule has 0 saturated heterocycles. The van der Waals surface area contributed by atoms with Gasteiger partial charge in [-0.05, 0) is 61.4 Å². The first-order valence-corrected chi connectivity index (χ1v) is 8.25. The van der Waals surface area contributed by atoms with Crippen LogP contribution in [0.25, 0.3) is 6.08 Å². The Kier molecular flexibility index (Phi) is 5.85. The summed E-state index contributed by atoms with van der Waals surface area (Å²) in [7, 11) is 0. The first-order valence-electron chi connectivity index (χ1n) is 7.45. The minimum atomic E-state index is -0.953. The SMILES string of the molecule is CCC1CCC(Oc2ccc(Br)c(/C=C/C(=O)O)c2)CC1. The van der Waals surface area contributed by atoms with Crippen LogP contribution in [-0.4, -0.2) is 17.2 Å². The number of halogens is 1. The fourth-order valence-electron chi connectivity index (χ4n) is 2.73. The number of hydrogen-bond acceptors (Lipinski definition) is 2. The molecule has 0 amide bonds. The van der Waals surface area contributed by atoms with Crippen molar-refractivity contribution in [2.75, 3.05) is 0 Å². The molecule has 0 spiro atoms. The number of ether oxygens (including phenoxy) is 1. The van der Waals surface area contributed by atoms with Crippen LogP contribution < -0.4 is 4.74 Å². The van der Waals surface area contributed by atoms with Gasteiger partial charge >= 0.3 is 5.97 Å². The van der Waals surface area contributed by atoms with Crippen LogP contribution in [-0.2, 0) is 4.79 Å².